The fourth-order valence-corrected chi connectivity index (χ4v) is 47.3. The van der Waals surface area contributed by atoms with Crippen molar-refractivity contribution in [3.8, 4) is 0 Å². The van der Waals surface area contributed by atoms with E-state index in [4.69, 9.17) is 19.1 Å². The number of rotatable bonds is 8. The van der Waals surface area contributed by atoms with Gasteiger partial charge in [0.25, 0.3) is 0 Å². The molecule has 1 fully saturated rings. The van der Waals surface area contributed by atoms with Crippen LogP contribution in [-0.2, 0) is 19.1 Å². The zero-order chi connectivity index (χ0) is 12.6. The van der Waals surface area contributed by atoms with Crippen molar-refractivity contribution in [1.82, 2.24) is 0 Å². The van der Waals surface area contributed by atoms with Gasteiger partial charge in [0, 0.05) is 0 Å². The van der Waals surface area contributed by atoms with E-state index in [1.807, 2.05) is 20.8 Å². The minimum atomic E-state index is -2.82. The Balaban J connectivity index is 2.57. The normalized spacial score (nSPS) is 23.1. The van der Waals surface area contributed by atoms with E-state index in [0.29, 0.717) is 19.8 Å². The van der Waals surface area contributed by atoms with E-state index in [1.165, 1.54) is 4.44 Å². The van der Waals surface area contributed by atoms with E-state index in [9.17, 15) is 0 Å². The van der Waals surface area contributed by atoms with Crippen LogP contribution in [0.5, 0.6) is 0 Å². The van der Waals surface area contributed by atoms with Gasteiger partial charge in [-0.1, -0.05) is 0 Å². The Hall–Kier alpha value is 1.61. The summed E-state index contributed by atoms with van der Waals surface area (Å²) in [5.41, 5.74) is 0. The Morgan fingerprint density at radius 2 is 1.71 bits per heavy atom. The van der Waals surface area contributed by atoms with Crippen LogP contribution >= 0.6 is 0 Å². The van der Waals surface area contributed by atoms with Crippen molar-refractivity contribution in [3.63, 3.8) is 0 Å². The van der Waals surface area contributed by atoms with Crippen molar-refractivity contribution < 1.29 is 19.1 Å². The molecule has 1 saturated heterocycles. The van der Waals surface area contributed by atoms with Crippen LogP contribution in [0.2, 0.25) is 4.44 Å². The molecule has 0 aliphatic carbocycles. The molecule has 17 heavy (non-hydrogen) atoms. The van der Waals surface area contributed by atoms with Crippen LogP contribution in [0.15, 0.2) is 0 Å². The third-order valence-corrected chi connectivity index (χ3v) is 44.8. The average molecular weight is 478 g/mol. The van der Waals surface area contributed by atoms with Crippen molar-refractivity contribution in [2.75, 3.05) is 26.4 Å². The van der Waals surface area contributed by atoms with Crippen LogP contribution in [-0.4, -0.2) is 69.3 Å². The van der Waals surface area contributed by atoms with Gasteiger partial charge in [-0.2, -0.15) is 0 Å². The molecular weight excluding hydrogens is 454 g/mol. The summed E-state index contributed by atoms with van der Waals surface area (Å²) in [7, 11) is -2.82. The first-order chi connectivity index (χ1) is 8.26. The van der Waals surface area contributed by atoms with Gasteiger partial charge >= 0.3 is 120 Å². The molecule has 0 saturated carbocycles. The maximum absolute atomic E-state index is 6.25. The van der Waals surface area contributed by atoms with Crippen LogP contribution in [0.1, 0.15) is 27.2 Å². The van der Waals surface area contributed by atoms with Crippen molar-refractivity contribution in [1.29, 1.82) is 0 Å². The molecule has 0 aromatic heterocycles. The summed E-state index contributed by atoms with van der Waals surface area (Å²) in [6.07, 6.45) is 1.16. The molecule has 1 atom stereocenters. The Labute approximate surface area is 119 Å². The minimum absolute atomic E-state index is 0.585. The molecule has 0 N–H and O–H groups in total. The molecule has 0 bridgehead atoms. The Morgan fingerprint density at radius 3 is 2.12 bits per heavy atom. The molecule has 0 spiro atoms. The fourth-order valence-electron chi connectivity index (χ4n) is 1.77. The van der Waals surface area contributed by atoms with E-state index in [2.05, 4.69) is 0 Å². The molecular formula is C9H24O5SiSn2. The predicted molar refractivity (Wildman–Crippen MR) is 72.8 cm³/mol. The second-order valence-corrected chi connectivity index (χ2v) is 39.0. The predicted octanol–water partition coefficient (Wildman–Crippen LogP) is 0.273. The zero-order valence-corrected chi connectivity index (χ0v) is 19.4. The van der Waals surface area contributed by atoms with Crippen molar-refractivity contribution >= 4 is 42.9 Å². The van der Waals surface area contributed by atoms with Gasteiger partial charge in [0.1, 0.15) is 0 Å². The number of hydrogen-bond donors (Lipinski definition) is 0. The van der Waals surface area contributed by atoms with E-state index in [0.717, 1.165) is 13.0 Å². The number of hydrogen-bond acceptors (Lipinski definition) is 5. The van der Waals surface area contributed by atoms with Crippen LogP contribution in [0.4, 0.5) is 0 Å². The average Bonchev–Trinajstić information content (AvgIpc) is 2.31. The maximum atomic E-state index is 6.25. The SMILES string of the molecule is CCO[Si](OCC)(OCC)[O][SnH]1[CH2]CC[O][SnH2]1. The topological polar surface area (TPSA) is 46.2 Å². The molecule has 1 rings (SSSR count). The van der Waals surface area contributed by atoms with Gasteiger partial charge in [0.15, 0.2) is 0 Å². The first-order valence-electron chi connectivity index (χ1n) is 6.43. The Morgan fingerprint density at radius 1 is 1.12 bits per heavy atom. The molecule has 1 unspecified atom stereocenters. The summed E-state index contributed by atoms with van der Waals surface area (Å²) in [6, 6.07) is 0. The van der Waals surface area contributed by atoms with Crippen molar-refractivity contribution in [3.05, 3.63) is 0 Å². The van der Waals surface area contributed by atoms with Gasteiger partial charge in [-0.3, -0.25) is 0 Å². The quantitative estimate of drug-likeness (QED) is 0.470. The van der Waals surface area contributed by atoms with E-state index in [-0.39, 0.29) is 0 Å². The van der Waals surface area contributed by atoms with Crippen molar-refractivity contribution in [2.45, 2.75) is 31.6 Å². The Bertz CT molecular complexity index is 187. The first-order valence-corrected chi connectivity index (χ1v) is 31.4. The third kappa shape index (κ3) is 6.06. The van der Waals surface area contributed by atoms with E-state index >= 15 is 0 Å². The molecule has 0 amide bonds. The summed E-state index contributed by atoms with van der Waals surface area (Å²) in [6.45, 7) is 8.58. The van der Waals surface area contributed by atoms with Gasteiger partial charge in [0.05, 0.1) is 0 Å². The van der Waals surface area contributed by atoms with Gasteiger partial charge in [-0.05, 0) is 0 Å². The summed E-state index contributed by atoms with van der Waals surface area (Å²) in [5, 5.41) is 0. The molecule has 1 aliphatic heterocycles. The molecule has 0 radical (unpaired) electrons. The molecule has 0 aromatic rings. The van der Waals surface area contributed by atoms with Gasteiger partial charge in [-0.15, -0.1) is 0 Å². The van der Waals surface area contributed by atoms with Crippen LogP contribution < -0.4 is 0 Å². The Kier molecular flexibility index (Phi) is 9.32. The second-order valence-electron chi connectivity index (χ2n) is 3.76. The molecule has 5 nitrogen and oxygen atoms in total. The molecule has 102 valence electrons. The summed E-state index contributed by atoms with van der Waals surface area (Å²) in [4.78, 5) is 0. The summed E-state index contributed by atoms with van der Waals surface area (Å²) >= 11 is -2.95. The fraction of sp³-hybridized carbons (Fsp3) is 1.00. The summed E-state index contributed by atoms with van der Waals surface area (Å²) < 4.78 is 30.4. The zero-order valence-electron chi connectivity index (χ0n) is 11.1. The van der Waals surface area contributed by atoms with E-state index < -0.39 is 42.9 Å². The summed E-state index contributed by atoms with van der Waals surface area (Å²) in [5.74, 6) is 0. The third-order valence-electron chi connectivity index (χ3n) is 2.39. The second kappa shape index (κ2) is 9.51. The molecule has 1 aliphatic rings. The van der Waals surface area contributed by atoms with Gasteiger partial charge in [0.2, 0.25) is 0 Å². The van der Waals surface area contributed by atoms with Crippen LogP contribution in [0.25, 0.3) is 0 Å². The monoisotopic (exact) mass is 480 g/mol. The van der Waals surface area contributed by atoms with Gasteiger partial charge < -0.3 is 0 Å². The molecule has 8 heteroatoms. The van der Waals surface area contributed by atoms with E-state index in [1.54, 1.807) is 0 Å². The first kappa shape index (κ1) is 16.7. The van der Waals surface area contributed by atoms with Crippen molar-refractivity contribution in [2.24, 2.45) is 0 Å². The van der Waals surface area contributed by atoms with Crippen LogP contribution in [0, 0.1) is 0 Å². The standard InChI is InChI=1S/C6H15O4Si.C3H6O.2Sn.3H/c1-4-8-11(7,9-5-2)10-6-3;1-2-3-4;;;;;/h4-6H2,1-3H3;1-3H2;;;;;/q2*-1;2*+1;;;. The molecule has 1 heterocycles. The van der Waals surface area contributed by atoms with Gasteiger partial charge in [-0.25, -0.2) is 0 Å². The van der Waals surface area contributed by atoms with Crippen LogP contribution in [0.3, 0.4) is 0 Å². The molecule has 0 aromatic carbocycles.